The lowest BCUT2D eigenvalue weighted by Crippen LogP contribution is -2.11. The quantitative estimate of drug-likeness (QED) is 0.679. The summed E-state index contributed by atoms with van der Waals surface area (Å²) in [6, 6.07) is 12.6. The second-order valence-electron chi connectivity index (χ2n) is 4.77. The number of hydrogen-bond donors (Lipinski definition) is 1. The zero-order valence-electron chi connectivity index (χ0n) is 10.9. The van der Waals surface area contributed by atoms with Crippen LogP contribution in [0.3, 0.4) is 0 Å². The topological polar surface area (TPSA) is 26.0 Å². The van der Waals surface area contributed by atoms with Crippen molar-refractivity contribution in [2.45, 2.75) is 13.0 Å². The molecule has 0 radical (unpaired) electrons. The summed E-state index contributed by atoms with van der Waals surface area (Å²) < 4.78 is 14.9. The Morgan fingerprint density at radius 1 is 1.15 bits per heavy atom. The maximum absolute atomic E-state index is 13.9. The van der Waals surface area contributed by atoms with E-state index in [1.54, 1.807) is 23.5 Å². The van der Waals surface area contributed by atoms with E-state index in [9.17, 15) is 4.39 Å². The van der Waals surface area contributed by atoms with Gasteiger partial charge in [0.15, 0.2) is 0 Å². The Morgan fingerprint density at radius 3 is 2.50 bits per heavy atom. The first-order valence-electron chi connectivity index (χ1n) is 6.26. The average molecular weight is 350 g/mol. The standard InChI is InChI=1S/C16H13BrFNS/c1-9-8-14(20-16(9)17)15(19)12-6-7-13(18)11-5-3-2-4-10(11)12/h2-8,15H,19H2,1H3. The summed E-state index contributed by atoms with van der Waals surface area (Å²) in [5.41, 5.74) is 8.51. The van der Waals surface area contributed by atoms with E-state index in [1.165, 1.54) is 11.6 Å². The Morgan fingerprint density at radius 2 is 1.85 bits per heavy atom. The predicted molar refractivity (Wildman–Crippen MR) is 86.7 cm³/mol. The minimum absolute atomic E-state index is 0.208. The molecular weight excluding hydrogens is 337 g/mol. The molecule has 0 aliphatic heterocycles. The van der Waals surface area contributed by atoms with Crippen LogP contribution in [0.5, 0.6) is 0 Å². The van der Waals surface area contributed by atoms with Gasteiger partial charge < -0.3 is 5.73 Å². The van der Waals surface area contributed by atoms with Gasteiger partial charge in [-0.15, -0.1) is 11.3 Å². The van der Waals surface area contributed by atoms with Crippen molar-refractivity contribution in [1.82, 2.24) is 0 Å². The third kappa shape index (κ3) is 2.28. The molecule has 1 unspecified atom stereocenters. The highest BCUT2D eigenvalue weighted by Gasteiger charge is 2.16. The van der Waals surface area contributed by atoms with Crippen molar-refractivity contribution >= 4 is 38.0 Å². The summed E-state index contributed by atoms with van der Waals surface area (Å²) in [5, 5.41) is 1.50. The molecule has 4 heteroatoms. The van der Waals surface area contributed by atoms with Gasteiger partial charge in [0.2, 0.25) is 0 Å². The van der Waals surface area contributed by atoms with Crippen molar-refractivity contribution in [1.29, 1.82) is 0 Å². The lowest BCUT2D eigenvalue weighted by atomic mass is 9.98. The number of hydrogen-bond acceptors (Lipinski definition) is 2. The van der Waals surface area contributed by atoms with Crippen molar-refractivity contribution in [2.24, 2.45) is 5.73 Å². The van der Waals surface area contributed by atoms with Gasteiger partial charge in [0.1, 0.15) is 5.82 Å². The molecule has 0 saturated carbocycles. The van der Waals surface area contributed by atoms with E-state index >= 15 is 0 Å². The molecule has 3 rings (SSSR count). The van der Waals surface area contributed by atoms with Gasteiger partial charge in [-0.3, -0.25) is 0 Å². The van der Waals surface area contributed by atoms with Crippen LogP contribution in [-0.2, 0) is 0 Å². The van der Waals surface area contributed by atoms with E-state index in [1.807, 2.05) is 25.1 Å². The van der Waals surface area contributed by atoms with Crippen LogP contribution in [0.15, 0.2) is 46.3 Å². The first-order valence-corrected chi connectivity index (χ1v) is 7.87. The summed E-state index contributed by atoms with van der Waals surface area (Å²) in [7, 11) is 0. The molecule has 2 aromatic carbocycles. The van der Waals surface area contributed by atoms with Crippen LogP contribution in [0.25, 0.3) is 10.8 Å². The number of halogens is 2. The molecule has 1 atom stereocenters. The Labute approximate surface area is 129 Å². The van der Waals surface area contributed by atoms with Crippen LogP contribution < -0.4 is 5.73 Å². The fourth-order valence-corrected chi connectivity index (χ4v) is 3.94. The monoisotopic (exact) mass is 349 g/mol. The molecule has 0 aliphatic rings. The van der Waals surface area contributed by atoms with Gasteiger partial charge in [-0.25, -0.2) is 4.39 Å². The van der Waals surface area contributed by atoms with Crippen LogP contribution in [0.1, 0.15) is 22.0 Å². The second kappa shape index (κ2) is 5.28. The third-order valence-electron chi connectivity index (χ3n) is 3.42. The number of aryl methyl sites for hydroxylation is 1. The molecule has 0 bridgehead atoms. The normalized spacial score (nSPS) is 12.8. The highest BCUT2D eigenvalue weighted by atomic mass is 79.9. The maximum atomic E-state index is 13.9. The number of nitrogens with two attached hydrogens (primary N) is 1. The lowest BCUT2D eigenvalue weighted by Gasteiger charge is -2.13. The first kappa shape index (κ1) is 13.7. The third-order valence-corrected chi connectivity index (χ3v) is 5.64. The van der Waals surface area contributed by atoms with Gasteiger partial charge in [-0.05, 0) is 51.5 Å². The van der Waals surface area contributed by atoms with Crippen molar-refractivity contribution < 1.29 is 4.39 Å². The molecule has 3 aromatic rings. The van der Waals surface area contributed by atoms with Gasteiger partial charge >= 0.3 is 0 Å². The molecule has 0 saturated heterocycles. The summed E-state index contributed by atoms with van der Waals surface area (Å²) in [4.78, 5) is 1.08. The van der Waals surface area contributed by atoms with E-state index in [-0.39, 0.29) is 11.9 Å². The van der Waals surface area contributed by atoms with Gasteiger partial charge in [0.25, 0.3) is 0 Å². The maximum Gasteiger partial charge on any atom is 0.131 e. The molecular formula is C16H13BrFNS. The van der Waals surface area contributed by atoms with E-state index in [2.05, 4.69) is 22.0 Å². The number of fused-ring (bicyclic) bond motifs is 1. The minimum atomic E-state index is -0.240. The molecule has 2 N–H and O–H groups in total. The van der Waals surface area contributed by atoms with Gasteiger partial charge in [0.05, 0.1) is 9.83 Å². The van der Waals surface area contributed by atoms with Gasteiger partial charge in [-0.1, -0.05) is 30.3 Å². The molecule has 0 fully saturated rings. The molecule has 1 heterocycles. The van der Waals surface area contributed by atoms with Crippen molar-refractivity contribution in [3.05, 3.63) is 68.1 Å². The molecule has 1 aromatic heterocycles. The van der Waals surface area contributed by atoms with Crippen molar-refractivity contribution in [3.8, 4) is 0 Å². The number of rotatable bonds is 2. The first-order chi connectivity index (χ1) is 9.58. The number of benzene rings is 2. The van der Waals surface area contributed by atoms with E-state index in [4.69, 9.17) is 5.73 Å². The molecule has 20 heavy (non-hydrogen) atoms. The van der Waals surface area contributed by atoms with Gasteiger partial charge in [-0.2, -0.15) is 0 Å². The van der Waals surface area contributed by atoms with Crippen LogP contribution >= 0.6 is 27.3 Å². The fourth-order valence-electron chi connectivity index (χ4n) is 2.35. The Hall–Kier alpha value is -1.23. The lowest BCUT2D eigenvalue weighted by molar-refractivity contribution is 0.639. The summed E-state index contributed by atoms with van der Waals surface area (Å²) in [6.07, 6.45) is 0. The zero-order chi connectivity index (χ0) is 14.3. The van der Waals surface area contributed by atoms with E-state index in [0.717, 1.165) is 19.6 Å². The van der Waals surface area contributed by atoms with E-state index < -0.39 is 0 Å². The fraction of sp³-hybridized carbons (Fsp3) is 0.125. The van der Waals surface area contributed by atoms with E-state index in [0.29, 0.717) is 5.39 Å². The molecule has 1 nitrogen and oxygen atoms in total. The highest BCUT2D eigenvalue weighted by Crippen LogP contribution is 2.35. The summed E-state index contributed by atoms with van der Waals surface area (Å²) in [6.45, 7) is 2.04. The molecule has 102 valence electrons. The number of thiophene rings is 1. The largest absolute Gasteiger partial charge is 0.320 e. The van der Waals surface area contributed by atoms with Gasteiger partial charge in [0, 0.05) is 10.3 Å². The molecule has 0 spiro atoms. The molecule has 0 aliphatic carbocycles. The Bertz CT molecular complexity index is 762. The smallest absolute Gasteiger partial charge is 0.131 e. The van der Waals surface area contributed by atoms with Crippen molar-refractivity contribution in [2.75, 3.05) is 0 Å². The summed E-state index contributed by atoms with van der Waals surface area (Å²) in [5.74, 6) is -0.208. The SMILES string of the molecule is Cc1cc(C(N)c2ccc(F)c3ccccc23)sc1Br. The average Bonchev–Trinajstić information content (AvgIpc) is 2.79. The van der Waals surface area contributed by atoms with Crippen LogP contribution in [-0.4, -0.2) is 0 Å². The Kier molecular flexibility index (Phi) is 3.63. The van der Waals surface area contributed by atoms with Crippen molar-refractivity contribution in [3.63, 3.8) is 0 Å². The van der Waals surface area contributed by atoms with Crippen LogP contribution in [0, 0.1) is 12.7 Å². The second-order valence-corrected chi connectivity index (χ2v) is 7.17. The molecule has 0 amide bonds. The van der Waals surface area contributed by atoms with Crippen LogP contribution in [0.2, 0.25) is 0 Å². The Balaban J connectivity index is 2.17. The predicted octanol–water partition coefficient (Wildman–Crippen LogP) is 5.16. The minimum Gasteiger partial charge on any atom is -0.320 e. The summed E-state index contributed by atoms with van der Waals surface area (Å²) >= 11 is 5.15. The van der Waals surface area contributed by atoms with Crippen LogP contribution in [0.4, 0.5) is 4.39 Å². The zero-order valence-corrected chi connectivity index (χ0v) is 13.3. The highest BCUT2D eigenvalue weighted by molar-refractivity contribution is 9.11.